The molecule has 146 valence electrons. The van der Waals surface area contributed by atoms with Crippen molar-refractivity contribution >= 4 is 17.8 Å². The lowest BCUT2D eigenvalue weighted by atomic mass is 10.1. The molecular formula is C22H27N5O. The molecule has 1 aromatic heterocycles. The first-order chi connectivity index (χ1) is 13.6. The van der Waals surface area contributed by atoms with E-state index in [9.17, 15) is 4.79 Å². The largest absolute Gasteiger partial charge is 0.350 e. The van der Waals surface area contributed by atoms with Crippen LogP contribution in [0.25, 0.3) is 0 Å². The number of aryl methyl sites for hydroxylation is 2. The van der Waals surface area contributed by atoms with Gasteiger partial charge in [-0.05, 0) is 35.1 Å². The molecule has 0 radical (unpaired) electrons. The van der Waals surface area contributed by atoms with E-state index in [1.54, 1.807) is 0 Å². The molecule has 0 saturated carbocycles. The Morgan fingerprint density at radius 2 is 1.29 bits per heavy atom. The summed E-state index contributed by atoms with van der Waals surface area (Å²) < 4.78 is 1.29. The second-order valence-electron chi connectivity index (χ2n) is 6.74. The lowest BCUT2D eigenvalue weighted by Gasteiger charge is -2.06. The molecule has 0 aliphatic rings. The zero-order chi connectivity index (χ0) is 19.9. The standard InChI is InChI=1S/C22H27N5O/c1-4-17-6-10-19(11-7-17)14-23-21-25-22(27(26-21)16(3)28)24-15-20-12-8-18(5-2)9-13-20/h6-13H,4-5,14-15H2,1-3H3,(H2,23,24,25,26). The van der Waals surface area contributed by atoms with E-state index in [0.717, 1.165) is 24.0 Å². The first-order valence-corrected chi connectivity index (χ1v) is 9.70. The molecule has 3 aromatic rings. The van der Waals surface area contributed by atoms with Gasteiger partial charge in [0.1, 0.15) is 0 Å². The van der Waals surface area contributed by atoms with Gasteiger partial charge in [0.05, 0.1) is 0 Å². The SMILES string of the molecule is CCc1ccc(CNc2nc(NCc3ccc(CC)cc3)n(C(C)=O)n2)cc1. The number of anilines is 2. The third-order valence-corrected chi connectivity index (χ3v) is 4.67. The summed E-state index contributed by atoms with van der Waals surface area (Å²) in [7, 11) is 0. The first-order valence-electron chi connectivity index (χ1n) is 9.70. The Balaban J connectivity index is 1.65. The molecule has 28 heavy (non-hydrogen) atoms. The van der Waals surface area contributed by atoms with E-state index < -0.39 is 0 Å². The summed E-state index contributed by atoms with van der Waals surface area (Å²) in [5, 5.41) is 10.7. The number of benzene rings is 2. The summed E-state index contributed by atoms with van der Waals surface area (Å²) in [6, 6.07) is 16.8. The van der Waals surface area contributed by atoms with Gasteiger partial charge in [-0.25, -0.2) is 0 Å². The second kappa shape index (κ2) is 9.17. The minimum absolute atomic E-state index is 0.184. The summed E-state index contributed by atoms with van der Waals surface area (Å²) in [6.07, 6.45) is 2.04. The van der Waals surface area contributed by atoms with E-state index in [1.807, 2.05) is 0 Å². The Morgan fingerprint density at radius 1 is 0.821 bits per heavy atom. The van der Waals surface area contributed by atoms with E-state index in [-0.39, 0.29) is 5.91 Å². The zero-order valence-corrected chi connectivity index (χ0v) is 16.7. The van der Waals surface area contributed by atoms with E-state index >= 15 is 0 Å². The van der Waals surface area contributed by atoms with Crippen molar-refractivity contribution in [3.63, 3.8) is 0 Å². The second-order valence-corrected chi connectivity index (χ2v) is 6.74. The van der Waals surface area contributed by atoms with Gasteiger partial charge < -0.3 is 10.6 Å². The van der Waals surface area contributed by atoms with Crippen molar-refractivity contribution in [3.8, 4) is 0 Å². The Hall–Kier alpha value is -3.15. The molecule has 0 spiro atoms. The molecule has 0 aliphatic carbocycles. The zero-order valence-electron chi connectivity index (χ0n) is 16.7. The molecule has 6 heteroatoms. The molecule has 2 aromatic carbocycles. The Morgan fingerprint density at radius 3 is 1.75 bits per heavy atom. The summed E-state index contributed by atoms with van der Waals surface area (Å²) >= 11 is 0. The van der Waals surface area contributed by atoms with Crippen LogP contribution in [0.5, 0.6) is 0 Å². The summed E-state index contributed by atoms with van der Waals surface area (Å²) in [5.74, 6) is 0.686. The maximum absolute atomic E-state index is 11.9. The number of nitrogens with zero attached hydrogens (tertiary/aromatic N) is 3. The molecule has 0 bridgehead atoms. The van der Waals surface area contributed by atoms with Crippen LogP contribution >= 0.6 is 0 Å². The highest BCUT2D eigenvalue weighted by Gasteiger charge is 2.13. The number of nitrogens with one attached hydrogen (secondary N) is 2. The topological polar surface area (TPSA) is 71.8 Å². The van der Waals surface area contributed by atoms with Gasteiger partial charge in [0.2, 0.25) is 17.8 Å². The van der Waals surface area contributed by atoms with Crippen molar-refractivity contribution < 1.29 is 4.79 Å². The van der Waals surface area contributed by atoms with E-state index in [0.29, 0.717) is 25.0 Å². The number of aromatic nitrogens is 3. The lowest BCUT2D eigenvalue weighted by Crippen LogP contribution is -2.13. The summed E-state index contributed by atoms with van der Waals surface area (Å²) in [4.78, 5) is 16.3. The number of carbonyl (C=O) groups is 1. The van der Waals surface area contributed by atoms with Gasteiger partial charge in [-0.3, -0.25) is 4.79 Å². The van der Waals surface area contributed by atoms with Crippen molar-refractivity contribution in [2.75, 3.05) is 10.6 Å². The third-order valence-electron chi connectivity index (χ3n) is 4.67. The minimum atomic E-state index is -0.184. The van der Waals surface area contributed by atoms with Gasteiger partial charge in [-0.2, -0.15) is 9.67 Å². The molecule has 6 nitrogen and oxygen atoms in total. The number of hydrogen-bond donors (Lipinski definition) is 2. The average Bonchev–Trinajstić information content (AvgIpc) is 3.15. The van der Waals surface area contributed by atoms with Gasteiger partial charge in [-0.1, -0.05) is 62.4 Å². The van der Waals surface area contributed by atoms with Crippen LogP contribution in [0.1, 0.15) is 47.8 Å². The molecule has 0 atom stereocenters. The van der Waals surface area contributed by atoms with Crippen LogP contribution in [0.2, 0.25) is 0 Å². The molecule has 0 aliphatic heterocycles. The van der Waals surface area contributed by atoms with E-state index in [2.05, 4.69) is 83.1 Å². The Kier molecular flexibility index (Phi) is 6.42. The van der Waals surface area contributed by atoms with Crippen molar-refractivity contribution in [2.45, 2.75) is 46.7 Å². The fourth-order valence-corrected chi connectivity index (χ4v) is 2.87. The van der Waals surface area contributed by atoms with Gasteiger partial charge in [0.15, 0.2) is 0 Å². The van der Waals surface area contributed by atoms with Crippen LogP contribution in [0.4, 0.5) is 11.9 Å². The molecule has 1 heterocycles. The number of rotatable bonds is 8. The van der Waals surface area contributed by atoms with Crippen molar-refractivity contribution in [1.82, 2.24) is 14.8 Å². The van der Waals surface area contributed by atoms with Gasteiger partial charge in [0.25, 0.3) is 0 Å². The van der Waals surface area contributed by atoms with E-state index in [4.69, 9.17) is 0 Å². The summed E-state index contributed by atoms with van der Waals surface area (Å²) in [5.41, 5.74) is 4.87. The monoisotopic (exact) mass is 377 g/mol. The predicted molar refractivity (Wildman–Crippen MR) is 113 cm³/mol. The van der Waals surface area contributed by atoms with Crippen LogP contribution in [0.15, 0.2) is 48.5 Å². The normalized spacial score (nSPS) is 10.7. The molecule has 3 rings (SSSR count). The fourth-order valence-electron chi connectivity index (χ4n) is 2.87. The van der Waals surface area contributed by atoms with Crippen molar-refractivity contribution in [2.24, 2.45) is 0 Å². The minimum Gasteiger partial charge on any atom is -0.350 e. The maximum atomic E-state index is 11.9. The highest BCUT2D eigenvalue weighted by Crippen LogP contribution is 2.13. The molecule has 0 unspecified atom stereocenters. The van der Waals surface area contributed by atoms with Crippen LogP contribution in [-0.2, 0) is 25.9 Å². The van der Waals surface area contributed by atoms with Crippen molar-refractivity contribution in [1.29, 1.82) is 0 Å². The van der Waals surface area contributed by atoms with Gasteiger partial charge in [-0.15, -0.1) is 5.10 Å². The molecule has 0 fully saturated rings. The first kappa shape index (κ1) is 19.6. The highest BCUT2D eigenvalue weighted by atomic mass is 16.2. The fraction of sp³-hybridized carbons (Fsp3) is 0.318. The highest BCUT2D eigenvalue weighted by molar-refractivity contribution is 5.78. The number of carbonyl (C=O) groups excluding carboxylic acids is 1. The molecule has 0 saturated heterocycles. The maximum Gasteiger partial charge on any atom is 0.247 e. The van der Waals surface area contributed by atoms with Crippen LogP contribution in [0.3, 0.4) is 0 Å². The van der Waals surface area contributed by atoms with Crippen molar-refractivity contribution in [3.05, 3.63) is 70.8 Å². The number of hydrogen-bond acceptors (Lipinski definition) is 5. The average molecular weight is 377 g/mol. The molecule has 0 amide bonds. The molecular weight excluding hydrogens is 350 g/mol. The predicted octanol–water partition coefficient (Wildman–Crippen LogP) is 4.29. The Labute approximate surface area is 166 Å². The summed E-state index contributed by atoms with van der Waals surface area (Å²) in [6.45, 7) is 6.93. The Bertz CT molecular complexity index is 913. The van der Waals surface area contributed by atoms with E-state index in [1.165, 1.54) is 22.7 Å². The molecule has 2 N–H and O–H groups in total. The van der Waals surface area contributed by atoms with Crippen LogP contribution in [-0.4, -0.2) is 20.7 Å². The smallest absolute Gasteiger partial charge is 0.247 e. The third kappa shape index (κ3) is 4.97. The van der Waals surface area contributed by atoms with Gasteiger partial charge >= 0.3 is 0 Å². The lowest BCUT2D eigenvalue weighted by molar-refractivity contribution is 0.0924. The van der Waals surface area contributed by atoms with Crippen LogP contribution in [0, 0.1) is 0 Å². The van der Waals surface area contributed by atoms with Gasteiger partial charge in [0, 0.05) is 20.0 Å². The quantitative estimate of drug-likeness (QED) is 0.613. The van der Waals surface area contributed by atoms with Crippen LogP contribution < -0.4 is 10.6 Å².